The molecule has 0 saturated carbocycles. The number of rotatable bonds is 4. The normalized spacial score (nSPS) is 13.9. The summed E-state index contributed by atoms with van der Waals surface area (Å²) in [4.78, 5) is 0. The molecule has 0 fully saturated rings. The summed E-state index contributed by atoms with van der Waals surface area (Å²) in [7, 11) is 9.67. The zero-order valence-corrected chi connectivity index (χ0v) is 32.5. The fraction of sp³-hybridized carbons (Fsp3) is 0. The van der Waals surface area contributed by atoms with Crippen molar-refractivity contribution in [3.8, 4) is 0 Å². The molecule has 4 heterocycles. The molecule has 7 heteroatoms. The predicted octanol–water partition coefficient (Wildman–Crippen LogP) is 11.7. The quantitative estimate of drug-likeness (QED) is 0.159. The van der Waals surface area contributed by atoms with Gasteiger partial charge in [-0.05, 0) is 65.4 Å². The summed E-state index contributed by atoms with van der Waals surface area (Å²) in [5.74, 6) is 0. The molecule has 0 spiro atoms. The number of halogens is 2. The summed E-state index contributed by atoms with van der Waals surface area (Å²) in [5.41, 5.74) is 13.3. The van der Waals surface area contributed by atoms with Crippen LogP contribution in [-0.2, 0) is 15.1 Å². The van der Waals surface area contributed by atoms with Gasteiger partial charge in [0.2, 0.25) is 0 Å². The molecule has 4 aliphatic heterocycles. The van der Waals surface area contributed by atoms with Crippen molar-refractivity contribution in [3.05, 3.63) is 259 Å². The standard InChI is InChI=1S/2C24H16N2.2ClH.Rh/c2*1-3-7-17(8-4-1)19-13-15-25-23-21(19)11-12-22-20(14-16-26-24(22)23)18-9-5-2-6-10-18;;;/h2*1-16H;2*1H;/q2*-2;;;+2/p-2. The van der Waals surface area contributed by atoms with E-state index in [9.17, 15) is 0 Å². The molecule has 0 aliphatic carbocycles. The van der Waals surface area contributed by atoms with Crippen LogP contribution in [0.5, 0.6) is 0 Å². The Morgan fingerprint density at radius 2 is 0.491 bits per heavy atom. The van der Waals surface area contributed by atoms with Gasteiger partial charge < -0.3 is 21.3 Å². The average molecular weight is 839 g/mol. The SMILES string of the molecule is C1=CC(c2ccccc2)=c2ccc3c(c2[N-]1)[N-]C=CC=3c1ccccc1.C1=CC(c2ccccc2)=c2ccc3c(c2[N-]1)[N-]C=CC=3c1ccccc1.[Cl][Rh][Cl]. The summed E-state index contributed by atoms with van der Waals surface area (Å²) >= 11 is -0.226. The minimum absolute atomic E-state index is 0.226. The van der Waals surface area contributed by atoms with Crippen molar-refractivity contribution >= 4 is 64.4 Å². The van der Waals surface area contributed by atoms with Gasteiger partial charge in [0.25, 0.3) is 0 Å². The van der Waals surface area contributed by atoms with Gasteiger partial charge in [0.15, 0.2) is 0 Å². The number of allylic oxidation sites excluding steroid dienone is 4. The molecule has 0 saturated heterocycles. The Labute approximate surface area is 336 Å². The van der Waals surface area contributed by atoms with Crippen molar-refractivity contribution < 1.29 is 15.1 Å². The van der Waals surface area contributed by atoms with Crippen LogP contribution in [0.4, 0.5) is 22.7 Å². The van der Waals surface area contributed by atoms with Crippen molar-refractivity contribution in [2.75, 3.05) is 0 Å². The van der Waals surface area contributed by atoms with E-state index in [4.69, 9.17) is 19.4 Å². The molecule has 55 heavy (non-hydrogen) atoms. The van der Waals surface area contributed by atoms with Crippen LogP contribution in [0.2, 0.25) is 0 Å². The van der Waals surface area contributed by atoms with Gasteiger partial charge in [0, 0.05) is 0 Å². The van der Waals surface area contributed by atoms with Gasteiger partial charge in [0.1, 0.15) is 0 Å². The molecule has 0 unspecified atom stereocenters. The van der Waals surface area contributed by atoms with E-state index in [0.717, 1.165) is 43.6 Å². The zero-order chi connectivity index (χ0) is 37.4. The van der Waals surface area contributed by atoms with Crippen molar-refractivity contribution in [2.45, 2.75) is 0 Å². The van der Waals surface area contributed by atoms with Crippen LogP contribution in [0.25, 0.3) is 43.6 Å². The van der Waals surface area contributed by atoms with Crippen molar-refractivity contribution in [1.29, 1.82) is 0 Å². The van der Waals surface area contributed by atoms with Gasteiger partial charge in [-0.25, -0.2) is 0 Å². The number of hydrogen-bond donors (Lipinski definition) is 0. The molecule has 6 aromatic carbocycles. The van der Waals surface area contributed by atoms with Crippen LogP contribution in [0, 0.1) is 0 Å². The first-order valence-corrected chi connectivity index (χ1v) is 21.9. The van der Waals surface area contributed by atoms with Gasteiger partial charge in [-0.3, -0.25) is 0 Å². The molecule has 4 nitrogen and oxygen atoms in total. The minimum atomic E-state index is -0.226. The molecule has 0 N–H and O–H groups in total. The summed E-state index contributed by atoms with van der Waals surface area (Å²) in [5, 5.41) is 23.2. The van der Waals surface area contributed by atoms with E-state index in [1.165, 1.54) is 44.5 Å². The molecule has 0 bridgehead atoms. The van der Waals surface area contributed by atoms with E-state index in [1.54, 1.807) is 0 Å². The van der Waals surface area contributed by atoms with E-state index >= 15 is 0 Å². The second-order valence-electron chi connectivity index (χ2n) is 12.7. The third kappa shape index (κ3) is 7.61. The summed E-state index contributed by atoms with van der Waals surface area (Å²) < 4.78 is 0. The Hall–Kier alpha value is -5.84. The van der Waals surface area contributed by atoms with E-state index in [0.29, 0.717) is 0 Å². The number of hydrogen-bond acceptors (Lipinski definition) is 0. The van der Waals surface area contributed by atoms with E-state index < -0.39 is 0 Å². The predicted molar refractivity (Wildman–Crippen MR) is 228 cm³/mol. The van der Waals surface area contributed by atoms with Crippen molar-refractivity contribution in [3.63, 3.8) is 0 Å². The third-order valence-electron chi connectivity index (χ3n) is 9.58. The topological polar surface area (TPSA) is 56.4 Å². The van der Waals surface area contributed by atoms with Gasteiger partial charge in [-0.1, -0.05) is 170 Å². The van der Waals surface area contributed by atoms with Crippen LogP contribution in [0.1, 0.15) is 22.3 Å². The fourth-order valence-corrected chi connectivity index (χ4v) is 7.13. The van der Waals surface area contributed by atoms with Gasteiger partial charge in [-0.15, -0.1) is 22.7 Å². The molecule has 4 aliphatic rings. The fourth-order valence-electron chi connectivity index (χ4n) is 7.13. The Morgan fingerprint density at radius 1 is 0.291 bits per heavy atom. The monoisotopic (exact) mass is 837 g/mol. The number of fused-ring (bicyclic) bond motifs is 6. The summed E-state index contributed by atoms with van der Waals surface area (Å²) in [6.45, 7) is 0. The van der Waals surface area contributed by atoms with E-state index in [1.807, 2.05) is 49.1 Å². The average Bonchev–Trinajstić information content (AvgIpc) is 3.27. The zero-order valence-electron chi connectivity index (χ0n) is 29.4. The molecular weight excluding hydrogens is 806 g/mol. The second kappa shape index (κ2) is 17.1. The Bertz CT molecular complexity index is 2350. The van der Waals surface area contributed by atoms with Crippen LogP contribution in [-0.4, -0.2) is 0 Å². The van der Waals surface area contributed by atoms with E-state index in [-0.39, 0.29) is 15.1 Å². The molecule has 6 aromatic rings. The first kappa shape index (κ1) is 36.2. The van der Waals surface area contributed by atoms with Crippen LogP contribution < -0.4 is 20.9 Å². The van der Waals surface area contributed by atoms with Gasteiger partial charge >= 0.3 is 34.5 Å². The molecule has 0 aromatic heterocycles. The van der Waals surface area contributed by atoms with Crippen molar-refractivity contribution in [1.82, 2.24) is 0 Å². The second-order valence-corrected chi connectivity index (χ2v) is 15.1. The molecule has 0 atom stereocenters. The molecular formula is C48H32Cl2N4Rh-4. The Morgan fingerprint density at radius 3 is 0.691 bits per heavy atom. The molecule has 0 radical (unpaired) electrons. The molecule has 0 amide bonds. The summed E-state index contributed by atoms with van der Waals surface area (Å²) in [6.07, 6.45) is 15.8. The van der Waals surface area contributed by atoms with Crippen LogP contribution in [0.3, 0.4) is 0 Å². The molecule has 271 valence electrons. The Kier molecular flexibility index (Phi) is 11.2. The van der Waals surface area contributed by atoms with Crippen LogP contribution >= 0.6 is 19.4 Å². The summed E-state index contributed by atoms with van der Waals surface area (Å²) in [6, 6.07) is 50.4. The maximum atomic E-state index is 4.83. The van der Waals surface area contributed by atoms with Gasteiger partial charge in [0.05, 0.1) is 0 Å². The Balaban J connectivity index is 0.000000145. The maximum absolute atomic E-state index is 4.83. The number of nitrogens with zero attached hydrogens (tertiary/aromatic N) is 4. The van der Waals surface area contributed by atoms with Gasteiger partial charge in [-0.2, -0.15) is 24.8 Å². The van der Waals surface area contributed by atoms with Crippen molar-refractivity contribution in [2.24, 2.45) is 0 Å². The van der Waals surface area contributed by atoms with E-state index in [2.05, 4.69) is 167 Å². The first-order valence-electron chi connectivity index (χ1n) is 17.6. The first-order chi connectivity index (χ1) is 27.2. The third-order valence-corrected chi connectivity index (χ3v) is 9.58. The van der Waals surface area contributed by atoms with Crippen LogP contribution in [0.15, 0.2) is 195 Å². The number of benzene rings is 6. The molecule has 10 rings (SSSR count).